The van der Waals surface area contributed by atoms with Gasteiger partial charge in [-0.25, -0.2) is 0 Å². The van der Waals surface area contributed by atoms with Gasteiger partial charge in [-0.2, -0.15) is 5.10 Å². The molecule has 0 bridgehead atoms. The number of aromatic nitrogens is 2. The Hall–Kier alpha value is -1.29. The third-order valence-corrected chi connectivity index (χ3v) is 3.11. The number of nitrogens with zero attached hydrogens (tertiary/aromatic N) is 2. The van der Waals surface area contributed by atoms with E-state index in [1.54, 1.807) is 11.3 Å². The fourth-order valence-electron chi connectivity index (χ4n) is 1.53. The Labute approximate surface area is 100 Å². The van der Waals surface area contributed by atoms with Crippen molar-refractivity contribution in [2.45, 2.75) is 26.9 Å². The second-order valence-corrected chi connectivity index (χ2v) is 5.31. The van der Waals surface area contributed by atoms with Crippen molar-refractivity contribution >= 4 is 17.0 Å². The first kappa shape index (κ1) is 11.2. The monoisotopic (exact) mass is 235 g/mol. The van der Waals surface area contributed by atoms with Crippen LogP contribution < -0.4 is 5.32 Å². The van der Waals surface area contributed by atoms with Crippen LogP contribution in [0.3, 0.4) is 0 Å². The van der Waals surface area contributed by atoms with E-state index in [1.165, 1.54) is 4.88 Å². The standard InChI is InChI=1S/C12H17N3S/c1-10(2)8-15-9-11(6-14-15)13-7-12-4-3-5-16-12/h3-6,9-10,13H,7-8H2,1-2H3. The van der Waals surface area contributed by atoms with Gasteiger partial charge in [0.2, 0.25) is 0 Å². The maximum absolute atomic E-state index is 4.31. The Morgan fingerprint density at radius 1 is 1.50 bits per heavy atom. The van der Waals surface area contributed by atoms with Gasteiger partial charge in [-0.15, -0.1) is 11.3 Å². The molecule has 0 spiro atoms. The van der Waals surface area contributed by atoms with Crippen molar-refractivity contribution in [3.8, 4) is 0 Å². The molecule has 2 aromatic heterocycles. The maximum Gasteiger partial charge on any atom is 0.0729 e. The van der Waals surface area contributed by atoms with Gasteiger partial charge in [0.25, 0.3) is 0 Å². The molecule has 0 aliphatic heterocycles. The van der Waals surface area contributed by atoms with Crippen molar-refractivity contribution in [2.24, 2.45) is 5.92 Å². The summed E-state index contributed by atoms with van der Waals surface area (Å²) < 4.78 is 1.99. The van der Waals surface area contributed by atoms with Crippen molar-refractivity contribution in [2.75, 3.05) is 5.32 Å². The molecule has 0 amide bonds. The molecule has 0 fully saturated rings. The Morgan fingerprint density at radius 3 is 3.06 bits per heavy atom. The molecule has 0 saturated carbocycles. The van der Waals surface area contributed by atoms with E-state index < -0.39 is 0 Å². The number of hydrogen-bond donors (Lipinski definition) is 1. The second kappa shape index (κ2) is 5.16. The molecule has 0 unspecified atom stereocenters. The van der Waals surface area contributed by atoms with Crippen LogP contribution in [0.4, 0.5) is 5.69 Å². The highest BCUT2D eigenvalue weighted by atomic mass is 32.1. The molecule has 0 aliphatic carbocycles. The summed E-state index contributed by atoms with van der Waals surface area (Å²) in [7, 11) is 0. The minimum absolute atomic E-state index is 0.630. The van der Waals surface area contributed by atoms with Gasteiger partial charge in [0, 0.05) is 24.2 Å². The smallest absolute Gasteiger partial charge is 0.0729 e. The SMILES string of the molecule is CC(C)Cn1cc(NCc2cccs2)cn1. The first-order chi connectivity index (χ1) is 7.74. The molecule has 86 valence electrons. The zero-order valence-electron chi connectivity index (χ0n) is 9.68. The molecule has 2 heterocycles. The number of hydrogen-bond acceptors (Lipinski definition) is 3. The van der Waals surface area contributed by atoms with Crippen LogP contribution in [0.1, 0.15) is 18.7 Å². The fourth-order valence-corrected chi connectivity index (χ4v) is 2.18. The molecule has 16 heavy (non-hydrogen) atoms. The molecule has 0 aromatic carbocycles. The van der Waals surface area contributed by atoms with E-state index in [9.17, 15) is 0 Å². The van der Waals surface area contributed by atoms with Crippen molar-refractivity contribution in [1.29, 1.82) is 0 Å². The largest absolute Gasteiger partial charge is 0.378 e. The number of anilines is 1. The molecule has 4 heteroatoms. The van der Waals surface area contributed by atoms with E-state index >= 15 is 0 Å². The van der Waals surface area contributed by atoms with Gasteiger partial charge in [-0.3, -0.25) is 4.68 Å². The quantitative estimate of drug-likeness (QED) is 0.862. The van der Waals surface area contributed by atoms with Gasteiger partial charge >= 0.3 is 0 Å². The van der Waals surface area contributed by atoms with Gasteiger partial charge in [0.1, 0.15) is 0 Å². The van der Waals surface area contributed by atoms with E-state index in [0.29, 0.717) is 5.92 Å². The highest BCUT2D eigenvalue weighted by Crippen LogP contribution is 2.12. The molecular formula is C12H17N3S. The van der Waals surface area contributed by atoms with Gasteiger partial charge in [0.15, 0.2) is 0 Å². The number of rotatable bonds is 5. The average molecular weight is 235 g/mol. The molecule has 0 radical (unpaired) electrons. The highest BCUT2D eigenvalue weighted by Gasteiger charge is 2.00. The third kappa shape index (κ3) is 3.10. The van der Waals surface area contributed by atoms with Crippen molar-refractivity contribution in [3.05, 3.63) is 34.8 Å². The van der Waals surface area contributed by atoms with E-state index in [1.807, 2.05) is 10.9 Å². The molecule has 2 aromatic rings. The van der Waals surface area contributed by atoms with Crippen LogP contribution in [0.2, 0.25) is 0 Å². The first-order valence-corrected chi connectivity index (χ1v) is 6.40. The summed E-state index contributed by atoms with van der Waals surface area (Å²) in [6, 6.07) is 4.21. The lowest BCUT2D eigenvalue weighted by molar-refractivity contribution is 0.483. The van der Waals surface area contributed by atoms with E-state index in [0.717, 1.165) is 18.8 Å². The van der Waals surface area contributed by atoms with Crippen LogP contribution in [-0.2, 0) is 13.1 Å². The summed E-state index contributed by atoms with van der Waals surface area (Å²) in [6.07, 6.45) is 3.95. The summed E-state index contributed by atoms with van der Waals surface area (Å²) in [4.78, 5) is 1.34. The van der Waals surface area contributed by atoms with E-state index in [2.05, 4.69) is 48.0 Å². The predicted octanol–water partition coefficient (Wildman–Crippen LogP) is 3.21. The topological polar surface area (TPSA) is 29.9 Å². The molecule has 2 rings (SSSR count). The highest BCUT2D eigenvalue weighted by molar-refractivity contribution is 7.09. The predicted molar refractivity (Wildman–Crippen MR) is 68.7 cm³/mol. The summed E-state index contributed by atoms with van der Waals surface area (Å²) in [5, 5.41) is 9.78. The summed E-state index contributed by atoms with van der Waals surface area (Å²) in [5.74, 6) is 0.630. The molecular weight excluding hydrogens is 218 g/mol. The van der Waals surface area contributed by atoms with Crippen molar-refractivity contribution in [3.63, 3.8) is 0 Å². The van der Waals surface area contributed by atoms with E-state index in [-0.39, 0.29) is 0 Å². The minimum Gasteiger partial charge on any atom is -0.378 e. The van der Waals surface area contributed by atoms with Crippen LogP contribution in [0, 0.1) is 5.92 Å². The Morgan fingerprint density at radius 2 is 2.38 bits per heavy atom. The van der Waals surface area contributed by atoms with Crippen LogP contribution >= 0.6 is 11.3 Å². The van der Waals surface area contributed by atoms with Crippen molar-refractivity contribution < 1.29 is 0 Å². The normalized spacial score (nSPS) is 10.9. The second-order valence-electron chi connectivity index (χ2n) is 4.28. The zero-order chi connectivity index (χ0) is 11.4. The van der Waals surface area contributed by atoms with Crippen LogP contribution in [0.15, 0.2) is 29.9 Å². The van der Waals surface area contributed by atoms with Gasteiger partial charge in [0.05, 0.1) is 11.9 Å². The van der Waals surface area contributed by atoms with Gasteiger partial charge in [-0.05, 0) is 17.4 Å². The molecule has 0 aliphatic rings. The summed E-state index contributed by atoms with van der Waals surface area (Å²) >= 11 is 1.77. The first-order valence-electron chi connectivity index (χ1n) is 5.53. The van der Waals surface area contributed by atoms with Gasteiger partial charge in [-0.1, -0.05) is 19.9 Å². The minimum atomic E-state index is 0.630. The Balaban J connectivity index is 1.88. The fraction of sp³-hybridized carbons (Fsp3) is 0.417. The molecule has 0 atom stereocenters. The van der Waals surface area contributed by atoms with E-state index in [4.69, 9.17) is 0 Å². The average Bonchev–Trinajstić information content (AvgIpc) is 2.84. The van der Waals surface area contributed by atoms with Crippen LogP contribution in [0.25, 0.3) is 0 Å². The number of thiophene rings is 1. The lowest BCUT2D eigenvalue weighted by Gasteiger charge is -2.03. The maximum atomic E-state index is 4.31. The summed E-state index contributed by atoms with van der Waals surface area (Å²) in [6.45, 7) is 6.24. The van der Waals surface area contributed by atoms with Crippen molar-refractivity contribution in [1.82, 2.24) is 9.78 Å². The number of nitrogens with one attached hydrogen (secondary N) is 1. The molecule has 1 N–H and O–H groups in total. The lowest BCUT2D eigenvalue weighted by atomic mass is 10.2. The Bertz CT molecular complexity index is 417. The lowest BCUT2D eigenvalue weighted by Crippen LogP contribution is -2.04. The van der Waals surface area contributed by atoms with Crippen LogP contribution in [0.5, 0.6) is 0 Å². The third-order valence-electron chi connectivity index (χ3n) is 2.23. The zero-order valence-corrected chi connectivity index (χ0v) is 10.5. The molecule has 3 nitrogen and oxygen atoms in total. The van der Waals surface area contributed by atoms with Crippen LogP contribution in [-0.4, -0.2) is 9.78 Å². The molecule has 0 saturated heterocycles. The Kier molecular flexibility index (Phi) is 3.62. The summed E-state index contributed by atoms with van der Waals surface area (Å²) in [5.41, 5.74) is 1.09. The van der Waals surface area contributed by atoms with Gasteiger partial charge < -0.3 is 5.32 Å².